The average molecular weight is 428 g/mol. The molecule has 0 radical (unpaired) electrons. The van der Waals surface area contributed by atoms with Crippen molar-refractivity contribution in [3.05, 3.63) is 95.1 Å². The van der Waals surface area contributed by atoms with Gasteiger partial charge < -0.3 is 14.8 Å². The molecule has 0 aliphatic carbocycles. The highest BCUT2D eigenvalue weighted by Crippen LogP contribution is 2.13. The quantitative estimate of drug-likeness (QED) is 0.328. The molecule has 5 heteroatoms. The second-order valence-corrected chi connectivity index (χ2v) is 7.22. The zero-order valence-corrected chi connectivity index (χ0v) is 18.2. The fraction of sp³-hybridized carbons (Fsp3) is 0.185. The van der Waals surface area contributed by atoms with E-state index in [0.29, 0.717) is 36.3 Å². The Morgan fingerprint density at radius 1 is 0.906 bits per heavy atom. The van der Waals surface area contributed by atoms with E-state index in [2.05, 4.69) is 17.2 Å². The van der Waals surface area contributed by atoms with Crippen LogP contribution in [0.2, 0.25) is 0 Å². The Morgan fingerprint density at radius 3 is 2.31 bits per heavy atom. The van der Waals surface area contributed by atoms with Crippen LogP contribution < -0.4 is 10.1 Å². The summed E-state index contributed by atoms with van der Waals surface area (Å²) >= 11 is 0. The second kappa shape index (κ2) is 11.4. The first-order chi connectivity index (χ1) is 15.5. The van der Waals surface area contributed by atoms with Crippen LogP contribution in [-0.4, -0.2) is 25.6 Å². The highest BCUT2D eigenvalue weighted by atomic mass is 16.5. The van der Waals surface area contributed by atoms with Crippen molar-refractivity contribution in [2.75, 3.05) is 19.0 Å². The average Bonchev–Trinajstić information content (AvgIpc) is 2.81. The Bertz CT molecular complexity index is 1140. The molecule has 3 aromatic rings. The van der Waals surface area contributed by atoms with Crippen LogP contribution in [0.25, 0.3) is 0 Å². The smallest absolute Gasteiger partial charge is 0.337 e. The van der Waals surface area contributed by atoms with Gasteiger partial charge in [0.05, 0.1) is 19.3 Å². The Balaban J connectivity index is 1.51. The molecule has 0 aliphatic rings. The number of anilines is 1. The number of rotatable bonds is 7. The number of amides is 1. The molecule has 3 rings (SSSR count). The van der Waals surface area contributed by atoms with Gasteiger partial charge in [0, 0.05) is 23.2 Å². The van der Waals surface area contributed by atoms with E-state index < -0.39 is 5.97 Å². The number of carbonyl (C=O) groups excluding carboxylic acids is 2. The van der Waals surface area contributed by atoms with E-state index in [0.717, 1.165) is 11.3 Å². The van der Waals surface area contributed by atoms with Crippen LogP contribution in [0, 0.1) is 18.8 Å². The van der Waals surface area contributed by atoms with Crippen LogP contribution in [0.3, 0.4) is 0 Å². The summed E-state index contributed by atoms with van der Waals surface area (Å²) in [6.07, 6.45) is 0.984. The first-order valence-corrected chi connectivity index (χ1v) is 10.3. The standard InChI is InChI=1S/C27H25NO4/c1-20-11-15-25(16-12-20)32-17-5-10-26(29)28-24-9-4-7-22(19-24)14-13-21-6-3-8-23(18-21)27(30)31-2/h3-4,6-9,11-12,15-16,18-19H,5,10,17H2,1-2H3,(H,28,29). The van der Waals surface area contributed by atoms with Gasteiger partial charge >= 0.3 is 5.97 Å². The number of hydrogen-bond donors (Lipinski definition) is 1. The molecule has 32 heavy (non-hydrogen) atoms. The summed E-state index contributed by atoms with van der Waals surface area (Å²) < 4.78 is 10.4. The van der Waals surface area contributed by atoms with Gasteiger partial charge in [-0.25, -0.2) is 4.79 Å². The highest BCUT2D eigenvalue weighted by molar-refractivity contribution is 5.91. The number of hydrogen-bond acceptors (Lipinski definition) is 4. The van der Waals surface area contributed by atoms with Crippen molar-refractivity contribution in [2.24, 2.45) is 0 Å². The van der Waals surface area contributed by atoms with Crippen molar-refractivity contribution >= 4 is 17.6 Å². The molecule has 0 fully saturated rings. The Hall–Kier alpha value is -4.04. The maximum Gasteiger partial charge on any atom is 0.337 e. The summed E-state index contributed by atoms with van der Waals surface area (Å²) in [7, 11) is 1.34. The molecule has 0 heterocycles. The normalized spacial score (nSPS) is 9.94. The molecular formula is C27H25NO4. The SMILES string of the molecule is COC(=O)c1cccc(C#Cc2cccc(NC(=O)CCCOc3ccc(C)cc3)c2)c1. The number of carbonyl (C=O) groups is 2. The number of methoxy groups -OCH3 is 1. The Labute approximate surface area is 188 Å². The summed E-state index contributed by atoms with van der Waals surface area (Å²) in [6.45, 7) is 2.50. The fourth-order valence-electron chi connectivity index (χ4n) is 2.94. The third kappa shape index (κ3) is 7.03. The molecule has 0 unspecified atom stereocenters. The van der Waals surface area contributed by atoms with Gasteiger partial charge in [-0.3, -0.25) is 4.79 Å². The third-order valence-electron chi connectivity index (χ3n) is 4.62. The molecule has 0 spiro atoms. The maximum absolute atomic E-state index is 12.2. The monoisotopic (exact) mass is 427 g/mol. The van der Waals surface area contributed by atoms with E-state index in [-0.39, 0.29) is 5.91 Å². The minimum Gasteiger partial charge on any atom is -0.494 e. The number of ether oxygens (including phenoxy) is 2. The lowest BCUT2D eigenvalue weighted by atomic mass is 10.1. The third-order valence-corrected chi connectivity index (χ3v) is 4.62. The zero-order valence-electron chi connectivity index (χ0n) is 18.2. The number of benzene rings is 3. The maximum atomic E-state index is 12.2. The lowest BCUT2D eigenvalue weighted by Gasteiger charge is -2.07. The Morgan fingerprint density at radius 2 is 1.59 bits per heavy atom. The van der Waals surface area contributed by atoms with E-state index in [4.69, 9.17) is 9.47 Å². The molecule has 1 amide bonds. The molecule has 0 saturated carbocycles. The van der Waals surface area contributed by atoms with Gasteiger partial charge in [-0.05, 0) is 61.9 Å². The van der Waals surface area contributed by atoms with Crippen LogP contribution in [-0.2, 0) is 9.53 Å². The van der Waals surface area contributed by atoms with Crippen molar-refractivity contribution < 1.29 is 19.1 Å². The minimum absolute atomic E-state index is 0.0756. The van der Waals surface area contributed by atoms with Crippen molar-refractivity contribution in [3.63, 3.8) is 0 Å². The van der Waals surface area contributed by atoms with Gasteiger partial charge in [-0.15, -0.1) is 0 Å². The van der Waals surface area contributed by atoms with Crippen molar-refractivity contribution in [1.82, 2.24) is 0 Å². The van der Waals surface area contributed by atoms with Gasteiger partial charge in [0.1, 0.15) is 5.75 Å². The molecule has 0 atom stereocenters. The highest BCUT2D eigenvalue weighted by Gasteiger charge is 2.05. The van der Waals surface area contributed by atoms with Crippen molar-refractivity contribution in [1.29, 1.82) is 0 Å². The van der Waals surface area contributed by atoms with Crippen LogP contribution in [0.1, 0.15) is 39.9 Å². The molecule has 0 saturated heterocycles. The summed E-state index contributed by atoms with van der Waals surface area (Å²) in [5.41, 5.74) is 3.78. The van der Waals surface area contributed by atoms with E-state index in [1.54, 1.807) is 18.2 Å². The van der Waals surface area contributed by atoms with E-state index in [9.17, 15) is 9.59 Å². The molecule has 1 N–H and O–H groups in total. The van der Waals surface area contributed by atoms with Crippen LogP contribution in [0.4, 0.5) is 5.69 Å². The van der Waals surface area contributed by atoms with E-state index in [1.165, 1.54) is 12.7 Å². The zero-order chi connectivity index (χ0) is 22.8. The van der Waals surface area contributed by atoms with Gasteiger partial charge in [0.2, 0.25) is 5.91 Å². The van der Waals surface area contributed by atoms with E-state index in [1.807, 2.05) is 61.5 Å². The predicted molar refractivity (Wildman–Crippen MR) is 125 cm³/mol. The first kappa shape index (κ1) is 22.6. The van der Waals surface area contributed by atoms with Gasteiger partial charge in [0.25, 0.3) is 0 Å². The fourth-order valence-corrected chi connectivity index (χ4v) is 2.94. The number of aryl methyl sites for hydroxylation is 1. The molecule has 3 aromatic carbocycles. The molecule has 0 aromatic heterocycles. The molecule has 162 valence electrons. The summed E-state index contributed by atoms with van der Waals surface area (Å²) in [4.78, 5) is 23.9. The van der Waals surface area contributed by atoms with Crippen molar-refractivity contribution in [2.45, 2.75) is 19.8 Å². The number of esters is 1. The largest absolute Gasteiger partial charge is 0.494 e. The summed E-state index contributed by atoms with van der Waals surface area (Å²) in [6, 6.07) is 22.1. The predicted octanol–water partition coefficient (Wildman–Crippen LogP) is 4.98. The topological polar surface area (TPSA) is 64.6 Å². The van der Waals surface area contributed by atoms with Crippen LogP contribution in [0.5, 0.6) is 5.75 Å². The Kier molecular flexibility index (Phi) is 8.05. The van der Waals surface area contributed by atoms with Crippen molar-refractivity contribution in [3.8, 4) is 17.6 Å². The molecule has 5 nitrogen and oxygen atoms in total. The van der Waals surface area contributed by atoms with Gasteiger partial charge in [-0.1, -0.05) is 41.7 Å². The lowest BCUT2D eigenvalue weighted by molar-refractivity contribution is -0.116. The van der Waals surface area contributed by atoms with Gasteiger partial charge in [-0.2, -0.15) is 0 Å². The van der Waals surface area contributed by atoms with Crippen LogP contribution in [0.15, 0.2) is 72.8 Å². The minimum atomic E-state index is -0.400. The summed E-state index contributed by atoms with van der Waals surface area (Å²) in [5, 5.41) is 2.89. The van der Waals surface area contributed by atoms with Gasteiger partial charge in [0.15, 0.2) is 0 Å². The first-order valence-electron chi connectivity index (χ1n) is 10.3. The summed E-state index contributed by atoms with van der Waals surface area (Å²) in [5.74, 6) is 6.42. The van der Waals surface area contributed by atoms with Crippen LogP contribution >= 0.6 is 0 Å². The number of nitrogens with one attached hydrogen (secondary N) is 1. The van der Waals surface area contributed by atoms with E-state index >= 15 is 0 Å². The second-order valence-electron chi connectivity index (χ2n) is 7.22. The molecular weight excluding hydrogens is 402 g/mol. The molecule has 0 bridgehead atoms. The lowest BCUT2D eigenvalue weighted by Crippen LogP contribution is -2.12. The molecule has 0 aliphatic heterocycles.